The van der Waals surface area contributed by atoms with E-state index in [2.05, 4.69) is 36.4 Å². The second-order valence-electron chi connectivity index (χ2n) is 5.10. The highest BCUT2D eigenvalue weighted by atomic mass is 32.2. The van der Waals surface area contributed by atoms with E-state index in [1.165, 1.54) is 24.3 Å². The van der Waals surface area contributed by atoms with Crippen LogP contribution >= 0.6 is 0 Å². The van der Waals surface area contributed by atoms with Gasteiger partial charge in [0.05, 0.1) is 0 Å². The standard InChI is InChI=1S/C15H19F3O3SSi/c1-4-23(5-2,6-3)12-11-13-7-9-14(10-8-13)21-22(19,20)15(16,17)18/h7-10H,4-6H2,1-3H3. The summed E-state index contributed by atoms with van der Waals surface area (Å²) in [6, 6.07) is 8.36. The Balaban J connectivity index is 2.95. The number of hydrogen-bond donors (Lipinski definition) is 0. The molecule has 0 N–H and O–H groups in total. The smallest absolute Gasteiger partial charge is 0.376 e. The van der Waals surface area contributed by atoms with E-state index >= 15 is 0 Å². The lowest BCUT2D eigenvalue weighted by Crippen LogP contribution is -2.29. The molecule has 3 nitrogen and oxygen atoms in total. The van der Waals surface area contributed by atoms with Crippen LogP contribution in [0.25, 0.3) is 0 Å². The van der Waals surface area contributed by atoms with Crippen LogP contribution in [0.2, 0.25) is 18.1 Å². The van der Waals surface area contributed by atoms with Gasteiger partial charge in [-0.05, 0) is 42.4 Å². The van der Waals surface area contributed by atoms with Crippen molar-refractivity contribution >= 4 is 18.2 Å². The van der Waals surface area contributed by atoms with E-state index in [1.807, 2.05) is 0 Å². The minimum absolute atomic E-state index is 0.391. The molecule has 0 spiro atoms. The zero-order chi connectivity index (χ0) is 17.7. The third-order valence-corrected chi connectivity index (χ3v) is 9.54. The van der Waals surface area contributed by atoms with Crippen LogP contribution < -0.4 is 4.18 Å². The van der Waals surface area contributed by atoms with Crippen molar-refractivity contribution < 1.29 is 25.8 Å². The van der Waals surface area contributed by atoms with Gasteiger partial charge in [0.1, 0.15) is 13.8 Å². The predicted molar refractivity (Wildman–Crippen MR) is 86.1 cm³/mol. The topological polar surface area (TPSA) is 43.4 Å². The molecule has 0 aliphatic heterocycles. The van der Waals surface area contributed by atoms with Gasteiger partial charge in [-0.3, -0.25) is 0 Å². The second kappa shape index (κ2) is 7.40. The first kappa shape index (κ1) is 19.6. The Kier molecular flexibility index (Phi) is 6.30. The van der Waals surface area contributed by atoms with Crippen LogP contribution in [-0.4, -0.2) is 22.0 Å². The number of halogens is 3. The Hall–Kier alpha value is -1.46. The number of hydrogen-bond acceptors (Lipinski definition) is 3. The molecule has 0 amide bonds. The SMILES string of the molecule is CC[Si](C#Cc1ccc(OS(=O)(=O)C(F)(F)F)cc1)(CC)CC. The lowest BCUT2D eigenvalue weighted by molar-refractivity contribution is -0.0500. The fraction of sp³-hybridized carbons (Fsp3) is 0.467. The normalized spacial score (nSPS) is 12.4. The van der Waals surface area contributed by atoms with Gasteiger partial charge in [-0.15, -0.1) is 5.54 Å². The van der Waals surface area contributed by atoms with Crippen molar-refractivity contribution in [3.8, 4) is 17.2 Å². The molecule has 0 saturated carbocycles. The van der Waals surface area contributed by atoms with Gasteiger partial charge in [-0.25, -0.2) is 0 Å². The van der Waals surface area contributed by atoms with E-state index < -0.39 is 29.4 Å². The highest BCUT2D eigenvalue weighted by Crippen LogP contribution is 2.27. The van der Waals surface area contributed by atoms with Crippen LogP contribution in [0.4, 0.5) is 13.2 Å². The van der Waals surface area contributed by atoms with Gasteiger partial charge in [0.2, 0.25) is 0 Å². The van der Waals surface area contributed by atoms with Crippen molar-refractivity contribution in [1.82, 2.24) is 0 Å². The maximum absolute atomic E-state index is 12.2. The highest BCUT2D eigenvalue weighted by Gasteiger charge is 2.48. The Morgan fingerprint density at radius 3 is 1.91 bits per heavy atom. The molecule has 0 saturated heterocycles. The first-order chi connectivity index (χ1) is 10.6. The minimum atomic E-state index is -5.64. The first-order valence-corrected chi connectivity index (χ1v) is 11.3. The summed E-state index contributed by atoms with van der Waals surface area (Å²) in [6.07, 6.45) is 0. The molecule has 1 aromatic rings. The summed E-state index contributed by atoms with van der Waals surface area (Å²) in [7, 11) is -7.25. The van der Waals surface area contributed by atoms with E-state index in [1.54, 1.807) is 0 Å². The van der Waals surface area contributed by atoms with Gasteiger partial charge in [0, 0.05) is 5.56 Å². The molecule has 0 unspecified atom stereocenters. The molecule has 128 valence electrons. The third-order valence-electron chi connectivity index (χ3n) is 3.85. The van der Waals surface area contributed by atoms with Crippen LogP contribution in [0.15, 0.2) is 24.3 Å². The van der Waals surface area contributed by atoms with Crippen LogP contribution in [0.5, 0.6) is 5.75 Å². The quantitative estimate of drug-likeness (QED) is 0.338. The number of benzene rings is 1. The summed E-state index contributed by atoms with van der Waals surface area (Å²) < 4.78 is 62.6. The van der Waals surface area contributed by atoms with E-state index in [4.69, 9.17) is 0 Å². The molecule has 0 fully saturated rings. The highest BCUT2D eigenvalue weighted by molar-refractivity contribution is 7.88. The van der Waals surface area contributed by atoms with E-state index in [0.717, 1.165) is 18.1 Å². The largest absolute Gasteiger partial charge is 0.534 e. The molecule has 0 atom stereocenters. The molecule has 1 rings (SSSR count). The van der Waals surface area contributed by atoms with E-state index in [0.29, 0.717) is 5.56 Å². The lowest BCUT2D eigenvalue weighted by Gasteiger charge is -2.19. The van der Waals surface area contributed by atoms with Crippen LogP contribution in [0.1, 0.15) is 26.3 Å². The van der Waals surface area contributed by atoms with Crippen molar-refractivity contribution in [2.75, 3.05) is 0 Å². The zero-order valence-electron chi connectivity index (χ0n) is 13.2. The molecule has 8 heteroatoms. The predicted octanol–water partition coefficient (Wildman–Crippen LogP) is 4.31. The molecular formula is C15H19F3O3SSi. The Bertz CT molecular complexity index is 673. The lowest BCUT2D eigenvalue weighted by atomic mass is 10.2. The third kappa shape index (κ3) is 5.01. The van der Waals surface area contributed by atoms with Gasteiger partial charge in [0.25, 0.3) is 0 Å². The Morgan fingerprint density at radius 2 is 1.52 bits per heavy atom. The molecule has 0 aliphatic rings. The average molecular weight is 364 g/mol. The molecule has 0 radical (unpaired) electrons. The fourth-order valence-corrected chi connectivity index (χ4v) is 4.89. The maximum Gasteiger partial charge on any atom is 0.534 e. The maximum atomic E-state index is 12.2. The van der Waals surface area contributed by atoms with E-state index in [-0.39, 0.29) is 0 Å². The number of rotatable bonds is 5. The molecule has 0 aromatic heterocycles. The van der Waals surface area contributed by atoms with Gasteiger partial charge in [-0.1, -0.05) is 26.7 Å². The van der Waals surface area contributed by atoms with Crippen molar-refractivity contribution in [1.29, 1.82) is 0 Å². The van der Waals surface area contributed by atoms with Crippen LogP contribution in [-0.2, 0) is 10.1 Å². The molecule has 23 heavy (non-hydrogen) atoms. The van der Waals surface area contributed by atoms with Crippen molar-refractivity contribution in [3.63, 3.8) is 0 Å². The summed E-state index contributed by atoms with van der Waals surface area (Å²) in [6.45, 7) is 6.35. The fourth-order valence-electron chi connectivity index (χ4n) is 1.99. The van der Waals surface area contributed by atoms with Gasteiger partial charge >= 0.3 is 15.6 Å². The van der Waals surface area contributed by atoms with Gasteiger partial charge < -0.3 is 4.18 Å². The summed E-state index contributed by atoms with van der Waals surface area (Å²) in [5.41, 5.74) is -1.48. The average Bonchev–Trinajstić information content (AvgIpc) is 2.49. The molecule has 0 bridgehead atoms. The second-order valence-corrected chi connectivity index (χ2v) is 11.6. The van der Waals surface area contributed by atoms with Gasteiger partial charge in [-0.2, -0.15) is 21.6 Å². The Morgan fingerprint density at radius 1 is 1.04 bits per heavy atom. The molecule has 0 aliphatic carbocycles. The van der Waals surface area contributed by atoms with Crippen molar-refractivity contribution in [2.45, 2.75) is 44.4 Å². The van der Waals surface area contributed by atoms with Crippen LogP contribution in [0.3, 0.4) is 0 Å². The number of alkyl halides is 3. The molecule has 0 heterocycles. The van der Waals surface area contributed by atoms with Crippen molar-refractivity contribution in [2.24, 2.45) is 0 Å². The zero-order valence-corrected chi connectivity index (χ0v) is 15.0. The first-order valence-electron chi connectivity index (χ1n) is 7.23. The van der Waals surface area contributed by atoms with Crippen LogP contribution in [0, 0.1) is 11.5 Å². The summed E-state index contributed by atoms with van der Waals surface area (Å²) >= 11 is 0. The summed E-state index contributed by atoms with van der Waals surface area (Å²) in [5, 5.41) is 0. The minimum Gasteiger partial charge on any atom is -0.376 e. The molecular weight excluding hydrogens is 345 g/mol. The van der Waals surface area contributed by atoms with E-state index in [9.17, 15) is 21.6 Å². The summed E-state index contributed by atoms with van der Waals surface area (Å²) in [5.74, 6) is 2.65. The molecule has 1 aromatic carbocycles. The van der Waals surface area contributed by atoms with Gasteiger partial charge in [0.15, 0.2) is 0 Å². The Labute approximate surface area is 136 Å². The van der Waals surface area contributed by atoms with Crippen molar-refractivity contribution in [3.05, 3.63) is 29.8 Å². The monoisotopic (exact) mass is 364 g/mol. The summed E-state index contributed by atoms with van der Waals surface area (Å²) in [4.78, 5) is 0.